The van der Waals surface area contributed by atoms with E-state index in [2.05, 4.69) is 45.9 Å². The number of methoxy groups -OCH3 is 1. The van der Waals surface area contributed by atoms with Crippen LogP contribution in [0.2, 0.25) is 0 Å². The zero-order chi connectivity index (χ0) is 10.7. The van der Waals surface area contributed by atoms with Gasteiger partial charge in [-0.2, -0.15) is 0 Å². The van der Waals surface area contributed by atoms with Gasteiger partial charge in [0.15, 0.2) is 0 Å². The monoisotopic (exact) mass is 208 g/mol. The van der Waals surface area contributed by atoms with Gasteiger partial charge < -0.3 is 4.74 Å². The van der Waals surface area contributed by atoms with Crippen LogP contribution < -0.4 is 4.74 Å². The molecule has 0 aliphatic rings. The molecule has 1 rings (SSSR count). The number of rotatable bonds is 3. The van der Waals surface area contributed by atoms with Crippen molar-refractivity contribution in [3.05, 3.63) is 29.3 Å². The summed E-state index contributed by atoms with van der Waals surface area (Å²) in [6.07, 6.45) is 0. The molecule has 15 heavy (non-hydrogen) atoms. The van der Waals surface area contributed by atoms with Crippen molar-refractivity contribution in [2.75, 3.05) is 7.11 Å². The highest BCUT2D eigenvalue weighted by molar-refractivity contribution is 5.40. The average Bonchev–Trinajstić information content (AvgIpc) is 2.16. The van der Waals surface area contributed by atoms with Crippen molar-refractivity contribution in [3.8, 4) is 5.75 Å². The fourth-order valence-corrected chi connectivity index (χ4v) is 1.56. The van der Waals surface area contributed by atoms with Gasteiger partial charge in [-0.15, -0.1) is 0 Å². The zero-order valence-corrected chi connectivity index (χ0v) is 9.79. The van der Waals surface area contributed by atoms with Gasteiger partial charge in [-0.3, -0.25) is 0 Å². The largest absolute Gasteiger partial charge is 0.496 e. The first-order valence-electron chi connectivity index (χ1n) is 5.24. The summed E-state index contributed by atoms with van der Waals surface area (Å²) in [5.41, 5.74) is 2.63. The van der Waals surface area contributed by atoms with E-state index in [0.29, 0.717) is 11.8 Å². The highest BCUT2D eigenvalue weighted by atomic mass is 16.5. The molecule has 1 nitrogen and oxygen atoms in total. The molecule has 0 spiro atoms. The standard InChI is InChI=1S/C13H20O.CH4/c1-9(2)11-6-7-12(10(3)4)13(8-11)14-5;/h6-10H,1-5H3;1H4. The first-order valence-corrected chi connectivity index (χ1v) is 5.24. The van der Waals surface area contributed by atoms with E-state index in [1.165, 1.54) is 11.1 Å². The minimum atomic E-state index is 0. The second kappa shape index (κ2) is 5.79. The molecule has 0 fully saturated rings. The van der Waals surface area contributed by atoms with E-state index in [-0.39, 0.29) is 7.43 Å². The summed E-state index contributed by atoms with van der Waals surface area (Å²) >= 11 is 0. The molecule has 0 unspecified atom stereocenters. The molecule has 0 atom stereocenters. The summed E-state index contributed by atoms with van der Waals surface area (Å²) in [4.78, 5) is 0. The molecule has 0 aliphatic carbocycles. The van der Waals surface area contributed by atoms with E-state index in [4.69, 9.17) is 4.74 Å². The van der Waals surface area contributed by atoms with Gasteiger partial charge in [0.05, 0.1) is 7.11 Å². The summed E-state index contributed by atoms with van der Waals surface area (Å²) in [6.45, 7) is 8.77. The van der Waals surface area contributed by atoms with Crippen LogP contribution in [0.25, 0.3) is 0 Å². The van der Waals surface area contributed by atoms with E-state index in [1.54, 1.807) is 7.11 Å². The number of hydrogen-bond acceptors (Lipinski definition) is 1. The summed E-state index contributed by atoms with van der Waals surface area (Å²) < 4.78 is 5.40. The highest BCUT2D eigenvalue weighted by Crippen LogP contribution is 2.29. The maximum Gasteiger partial charge on any atom is 0.122 e. The Morgan fingerprint density at radius 2 is 1.60 bits per heavy atom. The lowest BCUT2D eigenvalue weighted by atomic mass is 9.96. The molecular formula is C14H24O. The van der Waals surface area contributed by atoms with Crippen LogP contribution in [0.15, 0.2) is 18.2 Å². The van der Waals surface area contributed by atoms with Crippen LogP contribution in [0.3, 0.4) is 0 Å². The van der Waals surface area contributed by atoms with Crippen molar-refractivity contribution in [3.63, 3.8) is 0 Å². The first kappa shape index (κ1) is 14.0. The molecule has 0 saturated heterocycles. The maximum atomic E-state index is 5.40. The smallest absolute Gasteiger partial charge is 0.122 e. The van der Waals surface area contributed by atoms with E-state index < -0.39 is 0 Å². The van der Waals surface area contributed by atoms with Crippen LogP contribution in [-0.4, -0.2) is 7.11 Å². The van der Waals surface area contributed by atoms with E-state index in [0.717, 1.165) is 5.75 Å². The number of hydrogen-bond donors (Lipinski definition) is 0. The zero-order valence-electron chi connectivity index (χ0n) is 9.79. The lowest BCUT2D eigenvalue weighted by molar-refractivity contribution is 0.406. The first-order chi connectivity index (χ1) is 6.56. The van der Waals surface area contributed by atoms with Crippen molar-refractivity contribution in [2.45, 2.75) is 47.0 Å². The molecule has 0 heterocycles. The second-order valence-electron chi connectivity index (χ2n) is 4.31. The average molecular weight is 208 g/mol. The molecule has 0 N–H and O–H groups in total. The van der Waals surface area contributed by atoms with Gasteiger partial charge in [-0.05, 0) is 29.0 Å². The van der Waals surface area contributed by atoms with Gasteiger partial charge in [0.2, 0.25) is 0 Å². The minimum Gasteiger partial charge on any atom is -0.496 e. The quantitative estimate of drug-likeness (QED) is 0.706. The Bertz CT molecular complexity index is 300. The maximum absolute atomic E-state index is 5.40. The normalized spacial score (nSPS) is 10.3. The third-order valence-electron chi connectivity index (χ3n) is 2.55. The molecule has 0 amide bonds. The Labute approximate surface area is 94.5 Å². The van der Waals surface area contributed by atoms with Crippen molar-refractivity contribution < 1.29 is 4.74 Å². The fraction of sp³-hybridized carbons (Fsp3) is 0.571. The lowest BCUT2D eigenvalue weighted by Crippen LogP contribution is -1.96. The van der Waals surface area contributed by atoms with Crippen molar-refractivity contribution >= 4 is 0 Å². The molecule has 1 aromatic carbocycles. The molecule has 1 aromatic rings. The number of benzene rings is 1. The van der Waals surface area contributed by atoms with Crippen LogP contribution in [0.5, 0.6) is 5.75 Å². The van der Waals surface area contributed by atoms with Crippen molar-refractivity contribution in [2.24, 2.45) is 0 Å². The summed E-state index contributed by atoms with van der Waals surface area (Å²) in [5.74, 6) is 2.10. The molecular weight excluding hydrogens is 184 g/mol. The topological polar surface area (TPSA) is 9.23 Å². The molecule has 0 saturated carbocycles. The molecule has 0 bridgehead atoms. The summed E-state index contributed by atoms with van der Waals surface area (Å²) in [7, 11) is 1.74. The molecule has 1 heteroatoms. The Balaban J connectivity index is 0.00000196. The van der Waals surface area contributed by atoms with Gasteiger partial charge >= 0.3 is 0 Å². The highest BCUT2D eigenvalue weighted by Gasteiger charge is 2.09. The third-order valence-corrected chi connectivity index (χ3v) is 2.55. The third kappa shape index (κ3) is 3.26. The lowest BCUT2D eigenvalue weighted by Gasteiger charge is -2.14. The van der Waals surface area contributed by atoms with Gasteiger partial charge in [-0.1, -0.05) is 47.3 Å². The Hall–Kier alpha value is -0.980. The van der Waals surface area contributed by atoms with Crippen LogP contribution in [-0.2, 0) is 0 Å². The Kier molecular flexibility index (Phi) is 5.41. The SMILES string of the molecule is C.COc1cc(C(C)C)ccc1C(C)C. The Morgan fingerprint density at radius 3 is 2.00 bits per heavy atom. The number of ether oxygens (including phenoxy) is 1. The fourth-order valence-electron chi connectivity index (χ4n) is 1.56. The predicted octanol–water partition coefficient (Wildman–Crippen LogP) is 4.58. The van der Waals surface area contributed by atoms with Crippen molar-refractivity contribution in [1.29, 1.82) is 0 Å². The van der Waals surface area contributed by atoms with Crippen LogP contribution in [0, 0.1) is 0 Å². The Morgan fingerprint density at radius 1 is 1.00 bits per heavy atom. The minimum absolute atomic E-state index is 0. The van der Waals surface area contributed by atoms with Gasteiger partial charge in [0, 0.05) is 0 Å². The van der Waals surface area contributed by atoms with Crippen molar-refractivity contribution in [1.82, 2.24) is 0 Å². The van der Waals surface area contributed by atoms with Gasteiger partial charge in [0.1, 0.15) is 5.75 Å². The van der Waals surface area contributed by atoms with E-state index in [1.807, 2.05) is 0 Å². The predicted molar refractivity (Wildman–Crippen MR) is 67.9 cm³/mol. The van der Waals surface area contributed by atoms with E-state index >= 15 is 0 Å². The van der Waals surface area contributed by atoms with Crippen LogP contribution >= 0.6 is 0 Å². The van der Waals surface area contributed by atoms with Crippen LogP contribution in [0.4, 0.5) is 0 Å². The molecule has 86 valence electrons. The molecule has 0 aliphatic heterocycles. The van der Waals surface area contributed by atoms with Gasteiger partial charge in [0.25, 0.3) is 0 Å². The van der Waals surface area contributed by atoms with E-state index in [9.17, 15) is 0 Å². The van der Waals surface area contributed by atoms with Crippen LogP contribution in [0.1, 0.15) is 58.1 Å². The summed E-state index contributed by atoms with van der Waals surface area (Å²) in [6, 6.07) is 6.53. The molecule has 0 radical (unpaired) electrons. The molecule has 0 aromatic heterocycles. The summed E-state index contributed by atoms with van der Waals surface area (Å²) in [5, 5.41) is 0. The van der Waals surface area contributed by atoms with Gasteiger partial charge in [-0.25, -0.2) is 0 Å². The second-order valence-corrected chi connectivity index (χ2v) is 4.31.